The van der Waals surface area contributed by atoms with Crippen molar-refractivity contribution in [2.24, 2.45) is 0 Å². The summed E-state index contributed by atoms with van der Waals surface area (Å²) in [6.07, 6.45) is 3.96. The van der Waals surface area contributed by atoms with Crippen LogP contribution in [0.15, 0.2) is 24.1 Å². The number of hydrogen-bond donors (Lipinski definition) is 1. The second kappa shape index (κ2) is 6.77. The van der Waals surface area contributed by atoms with Crippen LogP contribution in [0, 0.1) is 0 Å². The third kappa shape index (κ3) is 4.83. The van der Waals surface area contributed by atoms with Gasteiger partial charge in [-0.15, -0.1) is 0 Å². The number of nitrogens with one attached hydrogen (secondary N) is 1. The zero-order valence-corrected chi connectivity index (χ0v) is 8.31. The molecule has 0 aromatic rings. The fraction of sp³-hybridized carbons (Fsp3) is 0.600. The number of allylic oxidation sites excluding steroid dienone is 2. The highest BCUT2D eigenvalue weighted by molar-refractivity contribution is 5.15. The van der Waals surface area contributed by atoms with Gasteiger partial charge in [0.05, 0.1) is 12.9 Å². The molecule has 0 aliphatic heterocycles. The molecule has 0 aromatic carbocycles. The van der Waals surface area contributed by atoms with Crippen molar-refractivity contribution in [3.8, 4) is 0 Å². The number of ether oxygens (including phenoxy) is 1. The predicted octanol–water partition coefficient (Wildman–Crippen LogP) is 2.44. The molecule has 0 heterocycles. The molecule has 0 unspecified atom stereocenters. The average Bonchev–Trinajstić information content (AvgIpc) is 2.10. The molecule has 0 rings (SSSR count). The van der Waals surface area contributed by atoms with Gasteiger partial charge >= 0.3 is 0 Å². The molecule has 1 N–H and O–H groups in total. The van der Waals surface area contributed by atoms with E-state index in [1.54, 1.807) is 7.11 Å². The maximum atomic E-state index is 5.11. The molecule has 12 heavy (non-hydrogen) atoms. The fourth-order valence-electron chi connectivity index (χ4n) is 0.836. The largest absolute Gasteiger partial charge is 0.501 e. The third-order valence-corrected chi connectivity index (χ3v) is 1.55. The summed E-state index contributed by atoms with van der Waals surface area (Å²) in [6, 6.07) is 0. The van der Waals surface area contributed by atoms with Gasteiger partial charge < -0.3 is 10.1 Å². The molecule has 0 bridgehead atoms. The van der Waals surface area contributed by atoms with Crippen LogP contribution in [0.4, 0.5) is 0 Å². The molecule has 70 valence electrons. The molecule has 2 nitrogen and oxygen atoms in total. The van der Waals surface area contributed by atoms with E-state index in [1.165, 1.54) is 0 Å². The lowest BCUT2D eigenvalue weighted by Gasteiger charge is -2.06. The summed E-state index contributed by atoms with van der Waals surface area (Å²) in [5.41, 5.74) is 0.926. The summed E-state index contributed by atoms with van der Waals surface area (Å²) in [7, 11) is 1.68. The minimum atomic E-state index is 0.906. The predicted molar refractivity (Wildman–Crippen MR) is 52.8 cm³/mol. The highest BCUT2D eigenvalue weighted by Gasteiger charge is 1.92. The third-order valence-electron chi connectivity index (χ3n) is 1.55. The van der Waals surface area contributed by atoms with Crippen LogP contribution in [0.1, 0.15) is 26.7 Å². The van der Waals surface area contributed by atoms with Gasteiger partial charge in [0, 0.05) is 18.7 Å². The Labute approximate surface area is 75.3 Å². The van der Waals surface area contributed by atoms with Crippen LogP contribution in [-0.4, -0.2) is 13.7 Å². The lowest BCUT2D eigenvalue weighted by atomic mass is 10.3. The monoisotopic (exact) mass is 169 g/mol. The Kier molecular flexibility index (Phi) is 6.25. The van der Waals surface area contributed by atoms with Gasteiger partial charge in [-0.1, -0.05) is 20.4 Å². The molecule has 0 fully saturated rings. The molecule has 0 saturated carbocycles. The first kappa shape index (κ1) is 11.1. The number of hydrogen-bond acceptors (Lipinski definition) is 2. The summed E-state index contributed by atoms with van der Waals surface area (Å²) in [5, 5.41) is 3.18. The Morgan fingerprint density at radius 1 is 1.50 bits per heavy atom. The zero-order chi connectivity index (χ0) is 9.40. The lowest BCUT2D eigenvalue weighted by Crippen LogP contribution is -2.11. The minimum Gasteiger partial charge on any atom is -0.501 e. The van der Waals surface area contributed by atoms with Crippen LogP contribution in [0.3, 0.4) is 0 Å². The SMILES string of the molecule is C=C(/C=C(\CC)OC)NCCC. The summed E-state index contributed by atoms with van der Waals surface area (Å²) >= 11 is 0. The van der Waals surface area contributed by atoms with Crippen molar-refractivity contribution >= 4 is 0 Å². The van der Waals surface area contributed by atoms with Gasteiger partial charge in [0.15, 0.2) is 0 Å². The van der Waals surface area contributed by atoms with E-state index in [-0.39, 0.29) is 0 Å². The van der Waals surface area contributed by atoms with E-state index in [0.29, 0.717) is 0 Å². The molecule has 0 aliphatic rings. The van der Waals surface area contributed by atoms with E-state index in [1.807, 2.05) is 6.08 Å². The van der Waals surface area contributed by atoms with Crippen molar-refractivity contribution in [1.82, 2.24) is 5.32 Å². The second-order valence-corrected chi connectivity index (χ2v) is 2.62. The van der Waals surface area contributed by atoms with Crippen molar-refractivity contribution in [2.45, 2.75) is 26.7 Å². The van der Waals surface area contributed by atoms with Crippen LogP contribution < -0.4 is 5.32 Å². The highest BCUT2D eigenvalue weighted by Crippen LogP contribution is 2.03. The van der Waals surface area contributed by atoms with Gasteiger partial charge in [0.1, 0.15) is 0 Å². The van der Waals surface area contributed by atoms with E-state index >= 15 is 0 Å². The second-order valence-electron chi connectivity index (χ2n) is 2.62. The first-order chi connectivity index (χ1) is 5.74. The summed E-state index contributed by atoms with van der Waals surface area (Å²) < 4.78 is 5.11. The van der Waals surface area contributed by atoms with Crippen molar-refractivity contribution in [1.29, 1.82) is 0 Å². The zero-order valence-electron chi connectivity index (χ0n) is 8.31. The molecule has 0 aromatic heterocycles. The van der Waals surface area contributed by atoms with Crippen molar-refractivity contribution in [3.63, 3.8) is 0 Å². The average molecular weight is 169 g/mol. The molecule has 0 amide bonds. The topological polar surface area (TPSA) is 21.3 Å². The fourth-order valence-corrected chi connectivity index (χ4v) is 0.836. The minimum absolute atomic E-state index is 0.906. The maximum absolute atomic E-state index is 5.11. The van der Waals surface area contributed by atoms with Crippen LogP contribution in [-0.2, 0) is 4.74 Å². The molecular formula is C10H19NO. The Bertz CT molecular complexity index is 155. The smallest absolute Gasteiger partial charge is 0.0973 e. The molecular weight excluding hydrogens is 150 g/mol. The molecule has 0 aliphatic carbocycles. The number of rotatable bonds is 6. The van der Waals surface area contributed by atoms with Gasteiger partial charge in [0.2, 0.25) is 0 Å². The highest BCUT2D eigenvalue weighted by atomic mass is 16.5. The summed E-state index contributed by atoms with van der Waals surface area (Å²) in [6.45, 7) is 9.01. The van der Waals surface area contributed by atoms with E-state index < -0.39 is 0 Å². The summed E-state index contributed by atoms with van der Waals surface area (Å²) in [4.78, 5) is 0. The van der Waals surface area contributed by atoms with Crippen molar-refractivity contribution in [2.75, 3.05) is 13.7 Å². The normalized spacial score (nSPS) is 11.1. The van der Waals surface area contributed by atoms with Crippen LogP contribution >= 0.6 is 0 Å². The molecule has 0 atom stereocenters. The number of methoxy groups -OCH3 is 1. The van der Waals surface area contributed by atoms with E-state index in [2.05, 4.69) is 25.7 Å². The van der Waals surface area contributed by atoms with Crippen LogP contribution in [0.5, 0.6) is 0 Å². The molecule has 0 saturated heterocycles. The Hall–Kier alpha value is -0.920. The van der Waals surface area contributed by atoms with Crippen LogP contribution in [0.25, 0.3) is 0 Å². The van der Waals surface area contributed by atoms with Crippen molar-refractivity contribution < 1.29 is 4.74 Å². The standard InChI is InChI=1S/C10H19NO/c1-5-7-11-9(3)8-10(6-2)12-4/h8,11H,3,5-7H2,1-2,4H3/b10-8+. The Morgan fingerprint density at radius 3 is 2.58 bits per heavy atom. The van der Waals surface area contributed by atoms with Gasteiger partial charge in [0.25, 0.3) is 0 Å². The lowest BCUT2D eigenvalue weighted by molar-refractivity contribution is 0.280. The van der Waals surface area contributed by atoms with E-state index in [0.717, 1.165) is 30.8 Å². The van der Waals surface area contributed by atoms with Gasteiger partial charge in [-0.25, -0.2) is 0 Å². The Balaban J connectivity index is 3.85. The maximum Gasteiger partial charge on any atom is 0.0973 e. The van der Waals surface area contributed by atoms with Gasteiger partial charge in [-0.05, 0) is 12.5 Å². The first-order valence-electron chi connectivity index (χ1n) is 4.41. The van der Waals surface area contributed by atoms with Gasteiger partial charge in [-0.3, -0.25) is 0 Å². The quantitative estimate of drug-likeness (QED) is 0.487. The van der Waals surface area contributed by atoms with Gasteiger partial charge in [-0.2, -0.15) is 0 Å². The summed E-state index contributed by atoms with van der Waals surface area (Å²) in [5.74, 6) is 0.962. The van der Waals surface area contributed by atoms with E-state index in [9.17, 15) is 0 Å². The Morgan fingerprint density at radius 2 is 2.17 bits per heavy atom. The van der Waals surface area contributed by atoms with Crippen LogP contribution in [0.2, 0.25) is 0 Å². The van der Waals surface area contributed by atoms with Crippen molar-refractivity contribution in [3.05, 3.63) is 24.1 Å². The van der Waals surface area contributed by atoms with E-state index in [4.69, 9.17) is 4.74 Å². The molecule has 0 radical (unpaired) electrons. The molecule has 0 spiro atoms. The molecule has 2 heteroatoms. The first-order valence-corrected chi connectivity index (χ1v) is 4.41.